The molecule has 1 fully saturated rings. The molecule has 1 heterocycles. The monoisotopic (exact) mass is 226 g/mol. The SMILES string of the molecule is Cc1nc(CN(C)CC(O)C2CC2)cs1. The molecule has 1 aromatic rings. The number of nitrogens with zero attached hydrogens (tertiary/aromatic N) is 2. The first-order valence-corrected chi connectivity index (χ1v) is 6.30. The van der Waals surface area contributed by atoms with Gasteiger partial charge in [-0.15, -0.1) is 11.3 Å². The predicted molar refractivity (Wildman–Crippen MR) is 61.9 cm³/mol. The number of thiazole rings is 1. The van der Waals surface area contributed by atoms with Gasteiger partial charge in [-0.3, -0.25) is 4.90 Å². The Labute approximate surface area is 94.8 Å². The van der Waals surface area contributed by atoms with E-state index in [0.717, 1.165) is 23.8 Å². The third-order valence-electron chi connectivity index (χ3n) is 2.76. The summed E-state index contributed by atoms with van der Waals surface area (Å²) >= 11 is 1.68. The minimum absolute atomic E-state index is 0.144. The molecule has 1 saturated carbocycles. The zero-order valence-electron chi connectivity index (χ0n) is 9.31. The van der Waals surface area contributed by atoms with Crippen LogP contribution in [0.15, 0.2) is 5.38 Å². The molecule has 84 valence electrons. The second-order valence-electron chi connectivity index (χ2n) is 4.46. The van der Waals surface area contributed by atoms with Crippen LogP contribution in [0.25, 0.3) is 0 Å². The van der Waals surface area contributed by atoms with Gasteiger partial charge in [0.2, 0.25) is 0 Å². The maximum absolute atomic E-state index is 9.78. The standard InChI is InChI=1S/C11H18N2OS/c1-8-12-10(7-15-8)5-13(2)6-11(14)9-3-4-9/h7,9,11,14H,3-6H2,1-2H3. The number of hydrogen-bond donors (Lipinski definition) is 1. The molecular formula is C11H18N2OS. The fraction of sp³-hybridized carbons (Fsp3) is 0.727. The second kappa shape index (κ2) is 4.60. The van der Waals surface area contributed by atoms with Crippen molar-refractivity contribution in [2.45, 2.75) is 32.4 Å². The normalized spacial score (nSPS) is 18.4. The predicted octanol–water partition coefficient (Wildman–Crippen LogP) is 1.65. The molecule has 1 unspecified atom stereocenters. The van der Waals surface area contributed by atoms with Gasteiger partial charge >= 0.3 is 0 Å². The van der Waals surface area contributed by atoms with Crippen molar-refractivity contribution >= 4 is 11.3 Å². The number of likely N-dealkylation sites (N-methyl/N-ethyl adjacent to an activating group) is 1. The van der Waals surface area contributed by atoms with E-state index < -0.39 is 0 Å². The Morgan fingerprint density at radius 2 is 2.40 bits per heavy atom. The molecule has 1 aliphatic rings. The lowest BCUT2D eigenvalue weighted by atomic mass is 10.2. The van der Waals surface area contributed by atoms with Gasteiger partial charge in [0.1, 0.15) is 0 Å². The summed E-state index contributed by atoms with van der Waals surface area (Å²) in [4.78, 5) is 6.56. The van der Waals surface area contributed by atoms with Gasteiger partial charge in [0.25, 0.3) is 0 Å². The summed E-state index contributed by atoms with van der Waals surface area (Å²) in [5, 5.41) is 13.0. The smallest absolute Gasteiger partial charge is 0.0897 e. The van der Waals surface area contributed by atoms with Crippen molar-refractivity contribution in [2.24, 2.45) is 5.92 Å². The van der Waals surface area contributed by atoms with Gasteiger partial charge in [-0.1, -0.05) is 0 Å². The lowest BCUT2D eigenvalue weighted by molar-refractivity contribution is 0.104. The van der Waals surface area contributed by atoms with Crippen LogP contribution in [0.4, 0.5) is 0 Å². The van der Waals surface area contributed by atoms with E-state index in [1.165, 1.54) is 12.8 Å². The molecule has 0 spiro atoms. The molecule has 2 rings (SSSR count). The summed E-state index contributed by atoms with van der Waals surface area (Å²) in [7, 11) is 2.04. The van der Waals surface area contributed by atoms with Crippen LogP contribution in [0, 0.1) is 12.8 Å². The topological polar surface area (TPSA) is 36.4 Å². The largest absolute Gasteiger partial charge is 0.392 e. The average molecular weight is 226 g/mol. The third kappa shape index (κ3) is 3.26. The van der Waals surface area contributed by atoms with E-state index in [0.29, 0.717) is 5.92 Å². The van der Waals surface area contributed by atoms with Crippen molar-refractivity contribution in [3.63, 3.8) is 0 Å². The van der Waals surface area contributed by atoms with Gasteiger partial charge in [0.15, 0.2) is 0 Å². The summed E-state index contributed by atoms with van der Waals surface area (Å²) in [6, 6.07) is 0. The number of aryl methyl sites for hydroxylation is 1. The van der Waals surface area contributed by atoms with Crippen molar-refractivity contribution < 1.29 is 5.11 Å². The van der Waals surface area contributed by atoms with Gasteiger partial charge in [-0.05, 0) is 32.7 Å². The second-order valence-corrected chi connectivity index (χ2v) is 5.52. The molecule has 1 N–H and O–H groups in total. The van der Waals surface area contributed by atoms with Crippen molar-refractivity contribution in [2.75, 3.05) is 13.6 Å². The molecule has 15 heavy (non-hydrogen) atoms. The van der Waals surface area contributed by atoms with E-state index in [9.17, 15) is 5.11 Å². The van der Waals surface area contributed by atoms with Gasteiger partial charge in [0, 0.05) is 18.5 Å². The molecule has 0 radical (unpaired) electrons. The van der Waals surface area contributed by atoms with E-state index in [1.54, 1.807) is 11.3 Å². The van der Waals surface area contributed by atoms with Crippen LogP contribution in [0.2, 0.25) is 0 Å². The first-order chi connectivity index (χ1) is 7.15. The average Bonchev–Trinajstić information content (AvgIpc) is 2.92. The highest BCUT2D eigenvalue weighted by atomic mass is 32.1. The van der Waals surface area contributed by atoms with E-state index in [2.05, 4.69) is 15.3 Å². The van der Waals surface area contributed by atoms with Crippen molar-refractivity contribution in [1.82, 2.24) is 9.88 Å². The minimum atomic E-state index is -0.144. The molecule has 0 bridgehead atoms. The van der Waals surface area contributed by atoms with Gasteiger partial charge in [-0.2, -0.15) is 0 Å². The fourth-order valence-corrected chi connectivity index (χ4v) is 2.38. The lowest BCUT2D eigenvalue weighted by Gasteiger charge is -2.19. The summed E-state index contributed by atoms with van der Waals surface area (Å²) in [5.41, 5.74) is 1.11. The Morgan fingerprint density at radius 1 is 1.67 bits per heavy atom. The maximum atomic E-state index is 9.78. The van der Waals surface area contributed by atoms with Gasteiger partial charge in [0.05, 0.1) is 16.8 Å². The summed E-state index contributed by atoms with van der Waals surface area (Å²) < 4.78 is 0. The van der Waals surface area contributed by atoms with Crippen LogP contribution in [-0.2, 0) is 6.54 Å². The number of aliphatic hydroxyl groups excluding tert-OH is 1. The molecule has 0 aromatic carbocycles. The Bertz CT molecular complexity index is 322. The van der Waals surface area contributed by atoms with Gasteiger partial charge in [-0.25, -0.2) is 4.98 Å². The fourth-order valence-electron chi connectivity index (χ4n) is 1.77. The molecule has 3 nitrogen and oxygen atoms in total. The quantitative estimate of drug-likeness (QED) is 0.829. The molecule has 0 amide bonds. The van der Waals surface area contributed by atoms with Gasteiger partial charge < -0.3 is 5.11 Å². The van der Waals surface area contributed by atoms with E-state index >= 15 is 0 Å². The molecule has 0 aliphatic heterocycles. The zero-order valence-corrected chi connectivity index (χ0v) is 10.1. The van der Waals surface area contributed by atoms with E-state index in [-0.39, 0.29) is 6.10 Å². The van der Waals surface area contributed by atoms with Crippen LogP contribution in [0.5, 0.6) is 0 Å². The molecule has 1 aromatic heterocycles. The Hall–Kier alpha value is -0.450. The summed E-state index contributed by atoms with van der Waals surface area (Å²) in [6.07, 6.45) is 2.25. The first kappa shape index (κ1) is 11.0. The Balaban J connectivity index is 1.78. The van der Waals surface area contributed by atoms with E-state index in [4.69, 9.17) is 0 Å². The zero-order chi connectivity index (χ0) is 10.8. The van der Waals surface area contributed by atoms with Crippen LogP contribution in [0.3, 0.4) is 0 Å². The van der Waals surface area contributed by atoms with Crippen molar-refractivity contribution in [1.29, 1.82) is 0 Å². The number of aromatic nitrogens is 1. The number of rotatable bonds is 5. The molecule has 0 saturated heterocycles. The van der Waals surface area contributed by atoms with Crippen LogP contribution < -0.4 is 0 Å². The third-order valence-corrected chi connectivity index (χ3v) is 3.59. The lowest BCUT2D eigenvalue weighted by Crippen LogP contribution is -2.30. The Kier molecular flexibility index (Phi) is 3.38. The van der Waals surface area contributed by atoms with Crippen molar-refractivity contribution in [3.05, 3.63) is 16.1 Å². The van der Waals surface area contributed by atoms with Crippen LogP contribution in [-0.4, -0.2) is 34.7 Å². The van der Waals surface area contributed by atoms with Crippen LogP contribution in [0.1, 0.15) is 23.5 Å². The number of hydrogen-bond acceptors (Lipinski definition) is 4. The summed E-state index contributed by atoms with van der Waals surface area (Å²) in [6.45, 7) is 3.63. The molecule has 1 atom stereocenters. The molecule has 4 heteroatoms. The molecule has 1 aliphatic carbocycles. The van der Waals surface area contributed by atoms with Crippen molar-refractivity contribution in [3.8, 4) is 0 Å². The highest BCUT2D eigenvalue weighted by molar-refractivity contribution is 7.09. The maximum Gasteiger partial charge on any atom is 0.0897 e. The molecular weight excluding hydrogens is 208 g/mol. The van der Waals surface area contributed by atoms with E-state index in [1.807, 2.05) is 14.0 Å². The Morgan fingerprint density at radius 3 is 2.93 bits per heavy atom. The highest BCUT2D eigenvalue weighted by Gasteiger charge is 2.30. The first-order valence-electron chi connectivity index (χ1n) is 5.43. The van der Waals surface area contributed by atoms with Crippen LogP contribution >= 0.6 is 11.3 Å². The minimum Gasteiger partial charge on any atom is -0.392 e. The number of aliphatic hydroxyl groups is 1. The summed E-state index contributed by atoms with van der Waals surface area (Å²) in [5.74, 6) is 0.560. The highest BCUT2D eigenvalue weighted by Crippen LogP contribution is 2.32.